The molecule has 0 saturated heterocycles. The molecule has 19 heavy (non-hydrogen) atoms. The topological polar surface area (TPSA) is 3.24 Å². The summed E-state index contributed by atoms with van der Waals surface area (Å²) in [6.07, 6.45) is 2.10. The van der Waals surface area contributed by atoms with Gasteiger partial charge in [-0.1, -0.05) is 43.8 Å². The molecule has 0 unspecified atom stereocenters. The van der Waals surface area contributed by atoms with Crippen molar-refractivity contribution in [3.05, 3.63) is 71.4 Å². The molecule has 3 rings (SSSR count). The van der Waals surface area contributed by atoms with Crippen LogP contribution in [0.5, 0.6) is 0 Å². The van der Waals surface area contributed by atoms with Crippen LogP contribution in [0.15, 0.2) is 54.7 Å². The number of aryl methyl sites for hydroxylation is 1. The van der Waals surface area contributed by atoms with Crippen molar-refractivity contribution in [3.8, 4) is 0 Å². The molecule has 0 saturated carbocycles. The van der Waals surface area contributed by atoms with Crippen LogP contribution in [0, 0.1) is 0 Å². The van der Waals surface area contributed by atoms with Gasteiger partial charge in [-0.05, 0) is 42.2 Å². The highest BCUT2D eigenvalue weighted by molar-refractivity contribution is 5.77. The van der Waals surface area contributed by atoms with Crippen LogP contribution in [0.3, 0.4) is 0 Å². The highest BCUT2D eigenvalue weighted by atomic mass is 15.2. The number of allylic oxidation sites excluding steroid dienone is 1. The third kappa shape index (κ3) is 1.95. The number of hydrogen-bond acceptors (Lipinski definition) is 1. The molecule has 0 radical (unpaired) electrons. The van der Waals surface area contributed by atoms with E-state index in [1.54, 1.807) is 0 Å². The van der Waals surface area contributed by atoms with Gasteiger partial charge in [-0.15, -0.1) is 0 Å². The fourth-order valence-corrected chi connectivity index (χ4v) is 2.84. The maximum atomic E-state index is 4.15. The van der Waals surface area contributed by atoms with E-state index in [1.165, 1.54) is 28.1 Å². The third-order valence-corrected chi connectivity index (χ3v) is 3.79. The zero-order valence-corrected chi connectivity index (χ0v) is 11.6. The molecule has 0 N–H and O–H groups in total. The van der Waals surface area contributed by atoms with Gasteiger partial charge in [-0.2, -0.15) is 0 Å². The average molecular weight is 249 g/mol. The summed E-state index contributed by atoms with van der Waals surface area (Å²) in [6, 6.07) is 15.4. The van der Waals surface area contributed by atoms with Crippen LogP contribution in [0.2, 0.25) is 0 Å². The molecular formula is C18H19N. The molecule has 0 amide bonds. The third-order valence-electron chi connectivity index (χ3n) is 3.79. The zero-order valence-electron chi connectivity index (χ0n) is 11.6. The van der Waals surface area contributed by atoms with E-state index in [4.69, 9.17) is 0 Å². The maximum Gasteiger partial charge on any atom is 0.0493 e. The second-order valence-electron chi connectivity index (χ2n) is 5.19. The molecule has 0 fully saturated rings. The summed E-state index contributed by atoms with van der Waals surface area (Å²) >= 11 is 0. The molecule has 0 atom stereocenters. The van der Waals surface area contributed by atoms with Gasteiger partial charge in [0.15, 0.2) is 0 Å². The van der Waals surface area contributed by atoms with Gasteiger partial charge in [0, 0.05) is 23.5 Å². The van der Waals surface area contributed by atoms with Gasteiger partial charge in [0.25, 0.3) is 0 Å². The highest BCUT2D eigenvalue weighted by Crippen LogP contribution is 2.40. The Balaban J connectivity index is 2.19. The first kappa shape index (κ1) is 12.0. The van der Waals surface area contributed by atoms with Crippen molar-refractivity contribution in [2.75, 3.05) is 4.90 Å². The normalized spacial score (nSPS) is 12.8. The predicted octanol–water partition coefficient (Wildman–Crippen LogP) is 4.82. The van der Waals surface area contributed by atoms with Crippen LogP contribution >= 0.6 is 0 Å². The van der Waals surface area contributed by atoms with Gasteiger partial charge in [-0.3, -0.25) is 0 Å². The SMILES string of the molecule is C=C(C)N1c2ccccc2Cc2cc(CC)ccc21. The minimum absolute atomic E-state index is 1.02. The van der Waals surface area contributed by atoms with E-state index < -0.39 is 0 Å². The Labute approximate surface area is 115 Å². The van der Waals surface area contributed by atoms with Crippen LogP contribution in [0.25, 0.3) is 0 Å². The molecule has 1 heterocycles. The van der Waals surface area contributed by atoms with E-state index in [2.05, 4.69) is 67.8 Å². The molecule has 1 aliphatic heterocycles. The molecular weight excluding hydrogens is 230 g/mol. The standard InChI is InChI=1S/C18H19N/c1-4-14-9-10-18-16(11-14)12-15-7-5-6-8-17(15)19(18)13(2)3/h5-11H,2,4,12H2,1,3H3. The fraction of sp³-hybridized carbons (Fsp3) is 0.222. The van der Waals surface area contributed by atoms with Crippen LogP contribution in [-0.4, -0.2) is 0 Å². The first-order chi connectivity index (χ1) is 9.20. The van der Waals surface area contributed by atoms with Crippen molar-refractivity contribution in [1.82, 2.24) is 0 Å². The molecule has 0 bridgehead atoms. The Morgan fingerprint density at radius 1 is 1.11 bits per heavy atom. The molecule has 1 heteroatoms. The van der Waals surface area contributed by atoms with E-state index in [0.29, 0.717) is 0 Å². The molecule has 0 aliphatic carbocycles. The summed E-state index contributed by atoms with van der Waals surface area (Å²) in [6.45, 7) is 8.42. The Bertz CT molecular complexity index is 640. The Morgan fingerprint density at radius 3 is 2.58 bits per heavy atom. The fourth-order valence-electron chi connectivity index (χ4n) is 2.84. The van der Waals surface area contributed by atoms with Crippen LogP contribution in [-0.2, 0) is 12.8 Å². The monoisotopic (exact) mass is 249 g/mol. The molecule has 96 valence electrons. The summed E-state index contributed by atoms with van der Waals surface area (Å²) in [7, 11) is 0. The largest absolute Gasteiger partial charge is 0.315 e. The molecule has 1 nitrogen and oxygen atoms in total. The second-order valence-corrected chi connectivity index (χ2v) is 5.19. The number of nitrogens with zero attached hydrogens (tertiary/aromatic N) is 1. The number of benzene rings is 2. The van der Waals surface area contributed by atoms with Crippen molar-refractivity contribution in [3.63, 3.8) is 0 Å². The molecule has 0 aromatic heterocycles. The number of rotatable bonds is 2. The average Bonchev–Trinajstić information content (AvgIpc) is 2.43. The van der Waals surface area contributed by atoms with E-state index in [9.17, 15) is 0 Å². The minimum atomic E-state index is 1.02. The molecule has 2 aromatic carbocycles. The zero-order chi connectivity index (χ0) is 13.4. The lowest BCUT2D eigenvalue weighted by molar-refractivity contribution is 1.03. The van der Waals surface area contributed by atoms with Gasteiger partial charge < -0.3 is 4.90 Å². The van der Waals surface area contributed by atoms with E-state index in [1.807, 2.05) is 0 Å². The van der Waals surface area contributed by atoms with Gasteiger partial charge in [0.2, 0.25) is 0 Å². The van der Waals surface area contributed by atoms with Crippen molar-refractivity contribution in [2.24, 2.45) is 0 Å². The van der Waals surface area contributed by atoms with Gasteiger partial charge in [0.05, 0.1) is 0 Å². The van der Waals surface area contributed by atoms with Crippen molar-refractivity contribution in [2.45, 2.75) is 26.7 Å². The lowest BCUT2D eigenvalue weighted by Crippen LogP contribution is -2.21. The number of anilines is 2. The summed E-state index contributed by atoms with van der Waals surface area (Å²) < 4.78 is 0. The Morgan fingerprint density at radius 2 is 1.84 bits per heavy atom. The molecule has 2 aromatic rings. The minimum Gasteiger partial charge on any atom is -0.315 e. The summed E-state index contributed by atoms with van der Waals surface area (Å²) in [5.41, 5.74) is 7.81. The number of fused-ring (bicyclic) bond motifs is 2. The quantitative estimate of drug-likeness (QED) is 0.737. The van der Waals surface area contributed by atoms with E-state index in [-0.39, 0.29) is 0 Å². The smallest absolute Gasteiger partial charge is 0.0493 e. The van der Waals surface area contributed by atoms with Crippen LogP contribution < -0.4 is 4.90 Å². The maximum absolute atomic E-state index is 4.15. The second kappa shape index (κ2) is 4.58. The van der Waals surface area contributed by atoms with Gasteiger partial charge >= 0.3 is 0 Å². The van der Waals surface area contributed by atoms with Crippen LogP contribution in [0.4, 0.5) is 11.4 Å². The first-order valence-corrected chi connectivity index (χ1v) is 6.86. The number of para-hydroxylation sites is 1. The highest BCUT2D eigenvalue weighted by Gasteiger charge is 2.22. The number of hydrogen-bond donors (Lipinski definition) is 0. The van der Waals surface area contributed by atoms with Crippen molar-refractivity contribution >= 4 is 11.4 Å². The van der Waals surface area contributed by atoms with Crippen LogP contribution in [0.1, 0.15) is 30.5 Å². The molecule has 0 spiro atoms. The summed E-state index contributed by atoms with van der Waals surface area (Å²) in [5.74, 6) is 0. The summed E-state index contributed by atoms with van der Waals surface area (Å²) in [4.78, 5) is 2.27. The van der Waals surface area contributed by atoms with E-state index in [0.717, 1.165) is 18.5 Å². The van der Waals surface area contributed by atoms with Gasteiger partial charge in [-0.25, -0.2) is 0 Å². The van der Waals surface area contributed by atoms with Crippen molar-refractivity contribution < 1.29 is 0 Å². The summed E-state index contributed by atoms with van der Waals surface area (Å²) in [5, 5.41) is 0. The molecule has 1 aliphatic rings. The van der Waals surface area contributed by atoms with Gasteiger partial charge in [0.1, 0.15) is 0 Å². The first-order valence-electron chi connectivity index (χ1n) is 6.86. The lowest BCUT2D eigenvalue weighted by Gasteiger charge is -2.33. The Kier molecular flexibility index (Phi) is 2.90. The van der Waals surface area contributed by atoms with E-state index >= 15 is 0 Å². The van der Waals surface area contributed by atoms with Crippen molar-refractivity contribution in [1.29, 1.82) is 0 Å². The lowest BCUT2D eigenvalue weighted by atomic mass is 9.93. The Hall–Kier alpha value is -2.02. The predicted molar refractivity (Wildman–Crippen MR) is 82.0 cm³/mol.